The average molecular weight is 304 g/mol. The molecule has 0 saturated heterocycles. The topological polar surface area (TPSA) is 90.7 Å². The van der Waals surface area contributed by atoms with Gasteiger partial charge in [0.1, 0.15) is 0 Å². The molecule has 116 valence electrons. The van der Waals surface area contributed by atoms with Crippen molar-refractivity contribution in [2.24, 2.45) is 0 Å². The van der Waals surface area contributed by atoms with Crippen molar-refractivity contribution in [2.75, 3.05) is 27.4 Å². The van der Waals surface area contributed by atoms with Gasteiger partial charge in [0, 0.05) is 19.2 Å². The fraction of sp³-hybridized carbons (Fsp3) is 0.267. The van der Waals surface area contributed by atoms with Gasteiger partial charge < -0.3 is 19.2 Å². The van der Waals surface area contributed by atoms with Crippen molar-refractivity contribution in [1.29, 1.82) is 0 Å². The number of hydrogen-bond acceptors (Lipinski definition) is 6. The van der Waals surface area contributed by atoms with E-state index in [0.717, 1.165) is 6.39 Å². The van der Waals surface area contributed by atoms with Crippen LogP contribution in [-0.4, -0.2) is 44.2 Å². The Hall–Kier alpha value is -2.67. The zero-order valence-corrected chi connectivity index (χ0v) is 12.3. The smallest absolute Gasteiger partial charge is 0.360 e. The van der Waals surface area contributed by atoms with Crippen LogP contribution < -0.4 is 5.32 Å². The monoisotopic (exact) mass is 304 g/mol. The Labute approximate surface area is 127 Å². The molecule has 2 rings (SSSR count). The molecule has 2 aromatic rings. The third-order valence-corrected chi connectivity index (χ3v) is 2.95. The number of carbonyl (C=O) groups is 2. The van der Waals surface area contributed by atoms with Crippen molar-refractivity contribution in [2.45, 2.75) is 0 Å². The van der Waals surface area contributed by atoms with Crippen LogP contribution in [0.3, 0.4) is 0 Å². The first-order chi connectivity index (χ1) is 10.7. The summed E-state index contributed by atoms with van der Waals surface area (Å²) in [7, 11) is 2.81. The second-order valence-electron chi connectivity index (χ2n) is 4.32. The Morgan fingerprint density at radius 1 is 1.27 bits per heavy atom. The zero-order valence-electron chi connectivity index (χ0n) is 12.3. The van der Waals surface area contributed by atoms with E-state index in [1.165, 1.54) is 7.11 Å². The van der Waals surface area contributed by atoms with Gasteiger partial charge in [0.25, 0.3) is 5.91 Å². The van der Waals surface area contributed by atoms with E-state index in [1.807, 2.05) is 0 Å². The first-order valence-corrected chi connectivity index (χ1v) is 6.57. The summed E-state index contributed by atoms with van der Waals surface area (Å²) in [6.45, 7) is 0.785. The number of esters is 1. The molecule has 0 atom stereocenters. The minimum Gasteiger partial charge on any atom is -0.464 e. The summed E-state index contributed by atoms with van der Waals surface area (Å²) in [6.07, 6.45) is 1.14. The van der Waals surface area contributed by atoms with E-state index >= 15 is 0 Å². The van der Waals surface area contributed by atoms with Crippen molar-refractivity contribution >= 4 is 11.9 Å². The standard InChI is InChI=1S/C15H16N2O5/c1-20-8-7-16-14(18)11-6-4-3-5-10(11)13-12(15(19)21-2)17-9-22-13/h3-6,9H,7-8H2,1-2H3,(H,16,18). The Morgan fingerprint density at radius 2 is 2.05 bits per heavy atom. The van der Waals surface area contributed by atoms with Crippen LogP contribution in [0.4, 0.5) is 0 Å². The van der Waals surface area contributed by atoms with Crippen LogP contribution in [0.5, 0.6) is 0 Å². The number of aromatic nitrogens is 1. The first-order valence-electron chi connectivity index (χ1n) is 6.57. The molecule has 7 heteroatoms. The Balaban J connectivity index is 2.35. The number of rotatable bonds is 6. The largest absolute Gasteiger partial charge is 0.464 e. The lowest BCUT2D eigenvalue weighted by Gasteiger charge is -2.09. The first kappa shape index (κ1) is 15.7. The second-order valence-corrected chi connectivity index (χ2v) is 4.32. The summed E-state index contributed by atoms with van der Waals surface area (Å²) in [5.74, 6) is -0.720. The molecular formula is C15H16N2O5. The zero-order chi connectivity index (χ0) is 15.9. The third kappa shape index (κ3) is 3.32. The van der Waals surface area contributed by atoms with Crippen LogP contribution in [0.2, 0.25) is 0 Å². The number of oxazole rings is 1. The number of carbonyl (C=O) groups excluding carboxylic acids is 2. The van der Waals surface area contributed by atoms with Gasteiger partial charge in [-0.15, -0.1) is 0 Å². The van der Waals surface area contributed by atoms with Gasteiger partial charge in [-0.2, -0.15) is 0 Å². The molecule has 0 fully saturated rings. The third-order valence-electron chi connectivity index (χ3n) is 2.95. The molecule has 1 aromatic heterocycles. The van der Waals surface area contributed by atoms with Gasteiger partial charge in [-0.25, -0.2) is 9.78 Å². The summed E-state index contributed by atoms with van der Waals surface area (Å²) in [5.41, 5.74) is 0.871. The fourth-order valence-electron chi connectivity index (χ4n) is 1.92. The lowest BCUT2D eigenvalue weighted by molar-refractivity contribution is 0.0595. The number of ether oxygens (including phenoxy) is 2. The summed E-state index contributed by atoms with van der Waals surface area (Å²) in [6, 6.07) is 6.78. The molecule has 0 aliphatic carbocycles. The highest BCUT2D eigenvalue weighted by atomic mass is 16.5. The van der Waals surface area contributed by atoms with E-state index in [0.29, 0.717) is 24.3 Å². The molecule has 0 aliphatic rings. The van der Waals surface area contributed by atoms with Crippen LogP contribution in [0.1, 0.15) is 20.8 Å². The van der Waals surface area contributed by atoms with Crippen molar-refractivity contribution in [3.05, 3.63) is 41.9 Å². The molecular weight excluding hydrogens is 288 g/mol. The average Bonchev–Trinajstić information content (AvgIpc) is 3.03. The van der Waals surface area contributed by atoms with Gasteiger partial charge in [-0.3, -0.25) is 4.79 Å². The van der Waals surface area contributed by atoms with E-state index in [2.05, 4.69) is 15.0 Å². The predicted octanol–water partition coefficient (Wildman–Crippen LogP) is 1.50. The quantitative estimate of drug-likeness (QED) is 0.642. The second kappa shape index (κ2) is 7.37. The minimum absolute atomic E-state index is 0.0274. The Bertz CT molecular complexity index is 665. The van der Waals surface area contributed by atoms with Crippen LogP contribution in [0, 0.1) is 0 Å². The highest BCUT2D eigenvalue weighted by molar-refractivity contribution is 6.03. The number of hydrogen-bond donors (Lipinski definition) is 1. The van der Waals surface area contributed by atoms with Crippen LogP contribution in [0.15, 0.2) is 35.1 Å². The number of methoxy groups -OCH3 is 2. The van der Waals surface area contributed by atoms with Crippen LogP contribution in [-0.2, 0) is 9.47 Å². The fourth-order valence-corrected chi connectivity index (χ4v) is 1.92. The molecule has 22 heavy (non-hydrogen) atoms. The Morgan fingerprint density at radius 3 is 2.77 bits per heavy atom. The van der Waals surface area contributed by atoms with Gasteiger partial charge in [0.2, 0.25) is 0 Å². The minimum atomic E-state index is -0.627. The van der Waals surface area contributed by atoms with E-state index in [1.54, 1.807) is 31.4 Å². The molecule has 0 unspecified atom stereocenters. The molecule has 1 heterocycles. The van der Waals surface area contributed by atoms with Crippen LogP contribution in [0.25, 0.3) is 11.3 Å². The molecule has 0 bridgehead atoms. The number of benzene rings is 1. The van der Waals surface area contributed by atoms with Gasteiger partial charge >= 0.3 is 5.97 Å². The predicted molar refractivity (Wildman–Crippen MR) is 77.5 cm³/mol. The molecule has 0 radical (unpaired) electrons. The van der Waals surface area contributed by atoms with Crippen molar-refractivity contribution in [3.63, 3.8) is 0 Å². The van der Waals surface area contributed by atoms with E-state index in [4.69, 9.17) is 9.15 Å². The molecule has 0 aliphatic heterocycles. The highest BCUT2D eigenvalue weighted by Crippen LogP contribution is 2.27. The van der Waals surface area contributed by atoms with Crippen molar-refractivity contribution in [1.82, 2.24) is 10.3 Å². The molecule has 1 amide bonds. The Kier molecular flexibility index (Phi) is 5.26. The van der Waals surface area contributed by atoms with Gasteiger partial charge in [-0.05, 0) is 6.07 Å². The van der Waals surface area contributed by atoms with E-state index in [9.17, 15) is 9.59 Å². The maximum Gasteiger partial charge on any atom is 0.360 e. The summed E-state index contributed by atoms with van der Waals surface area (Å²) >= 11 is 0. The summed E-state index contributed by atoms with van der Waals surface area (Å²) < 4.78 is 14.8. The summed E-state index contributed by atoms with van der Waals surface area (Å²) in [4.78, 5) is 27.8. The maximum atomic E-state index is 12.2. The highest BCUT2D eigenvalue weighted by Gasteiger charge is 2.22. The van der Waals surface area contributed by atoms with Gasteiger partial charge in [0.15, 0.2) is 17.8 Å². The molecule has 7 nitrogen and oxygen atoms in total. The number of amides is 1. The molecule has 0 spiro atoms. The number of nitrogens with zero attached hydrogens (tertiary/aromatic N) is 1. The van der Waals surface area contributed by atoms with Crippen molar-refractivity contribution in [3.8, 4) is 11.3 Å². The van der Waals surface area contributed by atoms with Crippen molar-refractivity contribution < 1.29 is 23.5 Å². The molecule has 1 aromatic carbocycles. The summed E-state index contributed by atoms with van der Waals surface area (Å²) in [5, 5.41) is 2.72. The SMILES string of the molecule is COCCNC(=O)c1ccccc1-c1ocnc1C(=O)OC. The van der Waals surface area contributed by atoms with Crippen LogP contribution >= 0.6 is 0 Å². The number of nitrogens with one attached hydrogen (secondary N) is 1. The molecule has 1 N–H and O–H groups in total. The van der Waals surface area contributed by atoms with Gasteiger partial charge in [0.05, 0.1) is 19.3 Å². The van der Waals surface area contributed by atoms with E-state index in [-0.39, 0.29) is 17.4 Å². The lowest BCUT2D eigenvalue weighted by atomic mass is 10.0. The maximum absolute atomic E-state index is 12.2. The lowest BCUT2D eigenvalue weighted by Crippen LogP contribution is -2.27. The normalized spacial score (nSPS) is 10.3. The van der Waals surface area contributed by atoms with E-state index < -0.39 is 5.97 Å². The molecule has 0 saturated carbocycles. The van der Waals surface area contributed by atoms with Gasteiger partial charge in [-0.1, -0.05) is 18.2 Å².